The van der Waals surface area contributed by atoms with E-state index in [2.05, 4.69) is 16.7 Å². The molecule has 160 valence electrons. The van der Waals surface area contributed by atoms with E-state index in [4.69, 9.17) is 26.5 Å². The number of benzene rings is 3. The zero-order valence-electron chi connectivity index (χ0n) is 17.3. The summed E-state index contributed by atoms with van der Waals surface area (Å²) in [5, 5.41) is 9.35. The Balaban J connectivity index is 1.39. The van der Waals surface area contributed by atoms with Gasteiger partial charge >= 0.3 is 0 Å². The quantitative estimate of drug-likeness (QED) is 0.334. The molecule has 0 unspecified atom stereocenters. The first-order valence-electron chi connectivity index (χ1n) is 10.5. The summed E-state index contributed by atoms with van der Waals surface area (Å²) >= 11 is 6.15. The highest BCUT2D eigenvalue weighted by Crippen LogP contribution is 2.23. The van der Waals surface area contributed by atoms with Crippen LogP contribution in [0.2, 0.25) is 5.02 Å². The fraction of sp³-hybridized carbons (Fsp3) is 0.240. The Morgan fingerprint density at radius 3 is 1.87 bits per heavy atom. The fourth-order valence-electron chi connectivity index (χ4n) is 3.64. The second-order valence-electron chi connectivity index (χ2n) is 7.26. The number of aryl methyl sites for hydroxylation is 2. The highest BCUT2D eigenvalue weighted by atomic mass is 35.5. The van der Waals surface area contributed by atoms with E-state index >= 15 is 0 Å². The minimum Gasteiger partial charge on any atom is -0.494 e. The van der Waals surface area contributed by atoms with Gasteiger partial charge in [0.1, 0.15) is 11.5 Å². The summed E-state index contributed by atoms with van der Waals surface area (Å²) in [5.74, 6) is 1.57. The Hall–Kier alpha value is -3.18. The number of ether oxygens (including phenoxy) is 2. The fourth-order valence-corrected chi connectivity index (χ4v) is 3.83. The third-order valence-corrected chi connectivity index (χ3v) is 5.45. The minimum atomic E-state index is 0.499. The third-order valence-electron chi connectivity index (χ3n) is 5.13. The number of aromatic nitrogens is 2. The molecular weight excluding hydrogens is 410 g/mol. The number of imidazole rings is 1. The predicted molar refractivity (Wildman–Crippen MR) is 124 cm³/mol. The van der Waals surface area contributed by atoms with Crippen molar-refractivity contribution < 1.29 is 9.47 Å². The Bertz CT molecular complexity index is 1180. The van der Waals surface area contributed by atoms with Crippen LogP contribution in [0.3, 0.4) is 0 Å². The zero-order chi connectivity index (χ0) is 21.5. The van der Waals surface area contributed by atoms with Gasteiger partial charge < -0.3 is 18.6 Å². The lowest BCUT2D eigenvalue weighted by molar-refractivity contribution is 0.297. The molecule has 0 saturated carbocycles. The van der Waals surface area contributed by atoms with Crippen molar-refractivity contribution >= 4 is 22.6 Å². The van der Waals surface area contributed by atoms with Crippen LogP contribution in [-0.2, 0) is 13.1 Å². The lowest BCUT2D eigenvalue weighted by atomic mass is 10.3. The van der Waals surface area contributed by atoms with Crippen molar-refractivity contribution in [2.45, 2.75) is 25.9 Å². The monoisotopic (exact) mass is 435 g/mol. The third kappa shape index (κ3) is 5.12. The summed E-state index contributed by atoms with van der Waals surface area (Å²) in [4.78, 5) is 0. The van der Waals surface area contributed by atoms with Crippen LogP contribution in [0.15, 0.2) is 78.9 Å². The summed E-state index contributed by atoms with van der Waals surface area (Å²) < 4.78 is 15.7. The molecule has 1 aromatic heterocycles. The average Bonchev–Trinajstić information content (AvgIpc) is 3.07. The maximum absolute atomic E-state index is 8.73. The van der Waals surface area contributed by atoms with Gasteiger partial charge in [-0.2, -0.15) is 0 Å². The number of rotatable bonds is 10. The Morgan fingerprint density at radius 2 is 1.23 bits per heavy atom. The van der Waals surface area contributed by atoms with Crippen LogP contribution in [0.5, 0.6) is 11.5 Å². The summed E-state index contributed by atoms with van der Waals surface area (Å²) in [7, 11) is 0. The lowest BCUT2D eigenvalue weighted by Crippen LogP contribution is -2.26. The van der Waals surface area contributed by atoms with Crippen molar-refractivity contribution in [1.29, 1.82) is 5.41 Å². The molecule has 0 aliphatic heterocycles. The van der Waals surface area contributed by atoms with Gasteiger partial charge in [0.05, 0.1) is 29.3 Å². The second kappa shape index (κ2) is 10.2. The molecule has 0 aliphatic carbocycles. The number of hydrogen-bond donors (Lipinski definition) is 1. The first kappa shape index (κ1) is 21.1. The van der Waals surface area contributed by atoms with Crippen molar-refractivity contribution in [2.24, 2.45) is 0 Å². The van der Waals surface area contributed by atoms with Crippen molar-refractivity contribution in [1.82, 2.24) is 9.13 Å². The first-order valence-corrected chi connectivity index (χ1v) is 10.9. The highest BCUT2D eigenvalue weighted by molar-refractivity contribution is 6.32. The van der Waals surface area contributed by atoms with Crippen molar-refractivity contribution in [3.8, 4) is 11.5 Å². The number of nitrogens with zero attached hydrogens (tertiary/aromatic N) is 2. The number of hydrogen-bond acceptors (Lipinski definition) is 3. The molecule has 0 amide bonds. The Kier molecular flexibility index (Phi) is 6.95. The van der Waals surface area contributed by atoms with Crippen LogP contribution in [0.25, 0.3) is 11.0 Å². The number of para-hydroxylation sites is 4. The number of fused-ring (bicyclic) bond motifs is 1. The highest BCUT2D eigenvalue weighted by Gasteiger charge is 2.10. The zero-order valence-corrected chi connectivity index (χ0v) is 18.1. The molecule has 1 heterocycles. The molecule has 5 nitrogen and oxygen atoms in total. The van der Waals surface area contributed by atoms with Crippen LogP contribution in [-0.4, -0.2) is 22.3 Å². The van der Waals surface area contributed by atoms with Crippen LogP contribution >= 0.6 is 11.6 Å². The van der Waals surface area contributed by atoms with Gasteiger partial charge in [-0.15, -0.1) is 0 Å². The van der Waals surface area contributed by atoms with Crippen molar-refractivity contribution in [3.05, 3.63) is 89.5 Å². The number of halogens is 1. The summed E-state index contributed by atoms with van der Waals surface area (Å²) in [6, 6.07) is 25.5. The summed E-state index contributed by atoms with van der Waals surface area (Å²) in [6.07, 6.45) is 1.61. The normalized spacial score (nSPS) is 11.0. The maximum Gasteiger partial charge on any atom is 0.202 e. The topological polar surface area (TPSA) is 52.2 Å². The van der Waals surface area contributed by atoms with Crippen LogP contribution in [0.4, 0.5) is 0 Å². The molecule has 4 rings (SSSR count). The average molecular weight is 436 g/mol. The minimum absolute atomic E-state index is 0.499. The predicted octanol–water partition coefficient (Wildman–Crippen LogP) is 5.51. The molecule has 1 N–H and O–H groups in total. The van der Waals surface area contributed by atoms with Crippen molar-refractivity contribution in [3.63, 3.8) is 0 Å². The Morgan fingerprint density at radius 1 is 0.677 bits per heavy atom. The standard InChI is InChI=1S/C25H26ClN3O2/c26-21-12-4-7-15-24(21)31-19-9-17-29-23-14-6-5-13-22(23)28(25(29)27)16-8-18-30-20-10-2-1-3-11-20/h1-7,10-15,27H,8-9,16-19H2. The molecular formula is C25H26ClN3O2. The molecule has 0 aliphatic rings. The SMILES string of the molecule is N=c1n(CCCOc2ccccc2)c2ccccc2n1CCCOc1ccccc1Cl. The molecule has 4 aromatic rings. The van der Waals surface area contributed by atoms with E-state index in [1.807, 2.05) is 71.3 Å². The van der Waals surface area contributed by atoms with E-state index in [1.54, 1.807) is 0 Å². The molecule has 0 fully saturated rings. The summed E-state index contributed by atoms with van der Waals surface area (Å²) in [5.41, 5.74) is 2.63. The van der Waals surface area contributed by atoms with Crippen molar-refractivity contribution in [2.75, 3.05) is 13.2 Å². The summed E-state index contributed by atoms with van der Waals surface area (Å²) in [6.45, 7) is 2.59. The second-order valence-corrected chi connectivity index (χ2v) is 7.67. The van der Waals surface area contributed by atoms with E-state index < -0.39 is 0 Å². The van der Waals surface area contributed by atoms with Gasteiger partial charge in [0.25, 0.3) is 0 Å². The van der Waals surface area contributed by atoms with Gasteiger partial charge in [0, 0.05) is 13.1 Å². The largest absolute Gasteiger partial charge is 0.494 e. The van der Waals surface area contributed by atoms with Gasteiger partial charge in [-0.05, 0) is 49.2 Å². The molecule has 0 saturated heterocycles. The van der Waals surface area contributed by atoms with Gasteiger partial charge in [-0.1, -0.05) is 54.1 Å². The van der Waals surface area contributed by atoms with E-state index in [9.17, 15) is 0 Å². The van der Waals surface area contributed by atoms with Gasteiger partial charge in [0.15, 0.2) is 0 Å². The van der Waals surface area contributed by atoms with Crippen LogP contribution in [0.1, 0.15) is 12.8 Å². The molecule has 0 bridgehead atoms. The van der Waals surface area contributed by atoms with Crippen LogP contribution < -0.4 is 15.1 Å². The van der Waals surface area contributed by atoms with Gasteiger partial charge in [-0.25, -0.2) is 0 Å². The molecule has 0 atom stereocenters. The van der Waals surface area contributed by atoms with Gasteiger partial charge in [0.2, 0.25) is 5.62 Å². The van der Waals surface area contributed by atoms with E-state index in [0.717, 1.165) is 36.2 Å². The van der Waals surface area contributed by atoms with Gasteiger partial charge in [-0.3, -0.25) is 5.41 Å². The van der Waals surface area contributed by atoms with E-state index in [1.165, 1.54) is 0 Å². The molecule has 0 radical (unpaired) electrons. The van der Waals surface area contributed by atoms with E-state index in [0.29, 0.717) is 36.1 Å². The maximum atomic E-state index is 8.73. The smallest absolute Gasteiger partial charge is 0.202 e. The lowest BCUT2D eigenvalue weighted by Gasteiger charge is -2.09. The molecule has 6 heteroatoms. The molecule has 0 spiro atoms. The molecule has 31 heavy (non-hydrogen) atoms. The number of nitrogens with one attached hydrogen (secondary N) is 1. The first-order chi connectivity index (χ1) is 15.2. The van der Waals surface area contributed by atoms with E-state index in [-0.39, 0.29) is 0 Å². The molecule has 3 aromatic carbocycles. The Labute approximate surface area is 186 Å². The van der Waals surface area contributed by atoms with Crippen LogP contribution in [0, 0.1) is 5.41 Å².